The predicted octanol–water partition coefficient (Wildman–Crippen LogP) is 6.28. The van der Waals surface area contributed by atoms with Gasteiger partial charge in [0.25, 0.3) is 0 Å². The van der Waals surface area contributed by atoms with Crippen molar-refractivity contribution >= 4 is 61.2 Å². The van der Waals surface area contributed by atoms with E-state index >= 15 is 0 Å². The molecule has 1 fully saturated rings. The quantitative estimate of drug-likeness (QED) is 0.0112. The van der Waals surface area contributed by atoms with E-state index in [4.69, 9.17) is 38.5 Å². The number of nitrogens with one attached hydrogen (secondary N) is 5. The van der Waals surface area contributed by atoms with Crippen LogP contribution in [0.3, 0.4) is 0 Å². The largest absolute Gasteiger partial charge is 0.472 e. The first kappa shape index (κ1) is 88.6. The van der Waals surface area contributed by atoms with Gasteiger partial charge in [-0.3, -0.25) is 47.4 Å². The van der Waals surface area contributed by atoms with E-state index in [1.54, 1.807) is 30.3 Å². The summed E-state index contributed by atoms with van der Waals surface area (Å²) < 4.78 is 50.3. The maximum absolute atomic E-state index is 13.5. The number of hydrogen-bond acceptors (Lipinski definition) is 22. The Labute approximate surface area is 579 Å². The molecule has 1 aromatic rings. The van der Waals surface area contributed by atoms with Gasteiger partial charge in [-0.25, -0.2) is 9.36 Å². The summed E-state index contributed by atoms with van der Waals surface area (Å²) in [6.07, 6.45) is 20.0. The first-order valence-electron chi connectivity index (χ1n) is 35.8. The smallest absolute Gasteiger partial charge is 0.462 e. The molecule has 0 radical (unpaired) electrons. The maximum atomic E-state index is 13.5. The Kier molecular flexibility index (Phi) is 49.0. The third-order valence-corrected chi connectivity index (χ3v) is 17.6. The lowest BCUT2D eigenvalue weighted by Crippen LogP contribution is -2.65. The van der Waals surface area contributed by atoms with Crippen molar-refractivity contribution in [2.45, 2.75) is 301 Å². The van der Waals surface area contributed by atoms with E-state index < -0.39 is 181 Å². The zero-order valence-electron chi connectivity index (χ0n) is 58.6. The number of unbranched alkanes of at least 4 members (excludes halogenated alkanes) is 24. The second-order valence-electron chi connectivity index (χ2n) is 25.4. The number of phosphoric acid groups is 1. The summed E-state index contributed by atoms with van der Waals surface area (Å²) in [7, 11) is -4.82. The normalized spacial score (nSPS) is 18.2. The molecule has 29 heteroatoms. The van der Waals surface area contributed by atoms with Gasteiger partial charge in [0.2, 0.25) is 29.5 Å². The van der Waals surface area contributed by atoms with Crippen molar-refractivity contribution in [2.24, 2.45) is 5.73 Å². The zero-order valence-corrected chi connectivity index (χ0v) is 59.5. The van der Waals surface area contributed by atoms with Gasteiger partial charge in [0.1, 0.15) is 49.1 Å². The van der Waals surface area contributed by atoms with Crippen molar-refractivity contribution in [1.29, 1.82) is 0 Å². The number of aliphatic hydroxyl groups is 4. The predicted molar refractivity (Wildman–Crippen MR) is 364 cm³/mol. The highest BCUT2D eigenvalue weighted by Crippen LogP contribution is 2.43. The minimum atomic E-state index is -4.82. The summed E-state index contributed by atoms with van der Waals surface area (Å²) in [5.74, 6) is -7.52. The average Bonchev–Trinajstić information content (AvgIpc) is 0.804. The van der Waals surface area contributed by atoms with Gasteiger partial charge >= 0.3 is 31.7 Å². The van der Waals surface area contributed by atoms with Crippen molar-refractivity contribution in [2.75, 3.05) is 46.1 Å². The fourth-order valence-corrected chi connectivity index (χ4v) is 11.7. The van der Waals surface area contributed by atoms with Crippen LogP contribution in [0.2, 0.25) is 0 Å². The third kappa shape index (κ3) is 42.6. The summed E-state index contributed by atoms with van der Waals surface area (Å²) in [6.45, 7) is 3.53. The summed E-state index contributed by atoms with van der Waals surface area (Å²) in [5.41, 5.74) is 6.08. The van der Waals surface area contributed by atoms with Gasteiger partial charge in [0.05, 0.1) is 32.5 Å². The number of aliphatic hydroxyl groups excluding tert-OH is 4. The lowest BCUT2D eigenvalue weighted by atomic mass is 9.96. The van der Waals surface area contributed by atoms with Crippen LogP contribution in [0.25, 0.3) is 0 Å². The molecule has 28 nitrogen and oxygen atoms in total. The van der Waals surface area contributed by atoms with E-state index in [0.717, 1.165) is 51.4 Å². The van der Waals surface area contributed by atoms with Crippen LogP contribution in [0.15, 0.2) is 30.3 Å². The summed E-state index contributed by atoms with van der Waals surface area (Å²) in [5, 5.41) is 53.3. The Balaban J connectivity index is 1.89. The number of carbonyl (C=O) groups is 9. The van der Waals surface area contributed by atoms with Crippen LogP contribution < -0.4 is 32.3 Å². The van der Waals surface area contributed by atoms with Gasteiger partial charge in [0.15, 0.2) is 12.4 Å². The SMILES string of the molecule is CCCCCCCCCCCCCCCC(=O)OC[C@H](COP(=O)(O)OCCNC(=O)CCC(=O)N[C@@H](Cc1ccccc1)C(=O)OC(=O)CC[C@@H](NC(=O)[C@H](CO)NCC(C)O[C@H]1[C@H](O)[C@@H](CO)O[C@H](O)[C@@H]1NC(C)=O)C(N)=O)OC(=O)CCCCCCCCCCCCCCC. The molecular weight excluding hydrogens is 1300 g/mol. The number of amides is 5. The van der Waals surface area contributed by atoms with Gasteiger partial charge in [-0.15, -0.1) is 0 Å². The Morgan fingerprint density at radius 2 is 1.16 bits per heavy atom. The molecule has 562 valence electrons. The second-order valence-corrected chi connectivity index (χ2v) is 26.8. The standard InChI is InChI=1S/C69H119N6O22P/c1-5-7-9-11-13-15-17-19-21-23-25-27-32-36-60(81)91-48-53(95-61(82)37-33-28-26-24-22-20-18-16-14-12-10-8-6-2)49-93-98(89,90)92-43-42-71-58(79)39-40-59(80)74-55(44-52-34-30-29-31-35-52)68(87)97-62(83)41-38-54(66(70)85)75-67(86)56(46-76)72-45-50(3)94-65-63(73-51(4)78)69(88)96-57(47-77)64(65)84/h29-31,34-35,50,53-57,63-65,69,72,76-77,84,88H,5-28,32-33,36-49H2,1-4H3,(H2,70,85)(H,71,79)(H,73,78)(H,74,80)(H,75,86)(H,89,90)/t50?,53-,54-,55+,56+,57-,63-,64-,65-,69+/m1/s1. The lowest BCUT2D eigenvalue weighted by molar-refractivity contribution is -0.267. The number of hydrogen-bond donors (Lipinski definition) is 11. The number of carbonyl (C=O) groups excluding carboxylic acids is 9. The number of rotatable bonds is 59. The highest BCUT2D eigenvalue weighted by molar-refractivity contribution is 7.47. The number of ether oxygens (including phenoxy) is 5. The van der Waals surface area contributed by atoms with Crippen molar-refractivity contribution in [3.8, 4) is 0 Å². The molecule has 1 aliphatic rings. The molecule has 12 N–H and O–H groups in total. The van der Waals surface area contributed by atoms with Crippen LogP contribution >= 0.6 is 7.82 Å². The summed E-state index contributed by atoms with van der Waals surface area (Å²) in [4.78, 5) is 126. The number of benzene rings is 1. The first-order valence-corrected chi connectivity index (χ1v) is 37.3. The minimum Gasteiger partial charge on any atom is -0.462 e. The molecule has 1 saturated heterocycles. The number of primary amides is 1. The van der Waals surface area contributed by atoms with Crippen molar-refractivity contribution < 1.29 is 106 Å². The van der Waals surface area contributed by atoms with Crippen molar-refractivity contribution in [1.82, 2.24) is 26.6 Å². The average molecular weight is 1420 g/mol. The Morgan fingerprint density at radius 1 is 0.633 bits per heavy atom. The van der Waals surface area contributed by atoms with E-state index in [0.29, 0.717) is 18.4 Å². The molecule has 2 unspecified atom stereocenters. The zero-order chi connectivity index (χ0) is 72.4. The molecule has 0 bridgehead atoms. The molecule has 5 amide bonds. The van der Waals surface area contributed by atoms with Gasteiger partial charge in [-0.05, 0) is 31.7 Å². The van der Waals surface area contributed by atoms with E-state index in [1.165, 1.54) is 117 Å². The molecule has 2 rings (SSSR count). The van der Waals surface area contributed by atoms with Crippen molar-refractivity contribution in [3.05, 3.63) is 35.9 Å². The van der Waals surface area contributed by atoms with Crippen LogP contribution in [-0.2, 0) is 86.9 Å². The van der Waals surface area contributed by atoms with Gasteiger partial charge in [-0.1, -0.05) is 198 Å². The van der Waals surface area contributed by atoms with Gasteiger partial charge in [0, 0.05) is 58.5 Å². The van der Waals surface area contributed by atoms with Crippen LogP contribution in [0.5, 0.6) is 0 Å². The van der Waals surface area contributed by atoms with Gasteiger partial charge < -0.3 is 81.3 Å². The first-order chi connectivity index (χ1) is 47.0. The number of phosphoric ester groups is 1. The van der Waals surface area contributed by atoms with Crippen LogP contribution in [0.4, 0.5) is 0 Å². The Morgan fingerprint density at radius 3 is 1.68 bits per heavy atom. The molecule has 0 saturated carbocycles. The van der Waals surface area contributed by atoms with Crippen LogP contribution in [0.1, 0.15) is 239 Å². The summed E-state index contributed by atoms with van der Waals surface area (Å²) in [6, 6.07) is 2.72. The molecule has 1 aromatic carbocycles. The maximum Gasteiger partial charge on any atom is 0.472 e. The van der Waals surface area contributed by atoms with Crippen LogP contribution in [0, 0.1) is 0 Å². The molecule has 0 aliphatic carbocycles. The molecule has 0 spiro atoms. The molecule has 1 aliphatic heterocycles. The monoisotopic (exact) mass is 1410 g/mol. The van der Waals surface area contributed by atoms with Crippen molar-refractivity contribution in [3.63, 3.8) is 0 Å². The highest BCUT2D eigenvalue weighted by Gasteiger charge is 2.46. The van der Waals surface area contributed by atoms with E-state index in [2.05, 4.69) is 40.4 Å². The van der Waals surface area contributed by atoms with E-state index in [-0.39, 0.29) is 32.4 Å². The van der Waals surface area contributed by atoms with E-state index in [1.807, 2.05) is 0 Å². The lowest BCUT2D eigenvalue weighted by Gasteiger charge is -2.43. The Hall–Kier alpha value is -5.52. The third-order valence-electron chi connectivity index (χ3n) is 16.6. The molecule has 0 aromatic heterocycles. The topological polar surface area (TPSA) is 423 Å². The number of esters is 4. The van der Waals surface area contributed by atoms with Crippen LogP contribution in [-0.4, -0.2) is 186 Å². The highest BCUT2D eigenvalue weighted by atomic mass is 31.2. The fourth-order valence-electron chi connectivity index (χ4n) is 10.9. The summed E-state index contributed by atoms with van der Waals surface area (Å²) >= 11 is 0. The number of nitrogens with two attached hydrogens (primary N) is 1. The second kappa shape index (κ2) is 54.3. The molecule has 98 heavy (non-hydrogen) atoms. The molecular formula is C69H119N6O22P. The fraction of sp³-hybridized carbons (Fsp3) is 0.783. The Bertz CT molecular complexity index is 2470. The molecule has 1 heterocycles. The van der Waals surface area contributed by atoms with E-state index in [9.17, 15) is 73.0 Å². The minimum absolute atomic E-state index is 0.0995. The van der Waals surface area contributed by atoms with Gasteiger partial charge in [-0.2, -0.15) is 0 Å². The molecule has 11 atom stereocenters.